The smallest absolute Gasteiger partial charge is 0.0653 e. The molecule has 1 atom stereocenters. The van der Waals surface area contributed by atoms with Crippen molar-refractivity contribution in [1.82, 2.24) is 0 Å². The molecule has 94 valence electrons. The molecule has 0 aromatic heterocycles. The maximum atomic E-state index is 6.40. The molecule has 0 radical (unpaired) electrons. The van der Waals surface area contributed by atoms with Crippen molar-refractivity contribution in [2.24, 2.45) is 5.73 Å². The minimum atomic E-state index is -0.134. The summed E-state index contributed by atoms with van der Waals surface area (Å²) in [6.45, 7) is 4.97. The van der Waals surface area contributed by atoms with Crippen molar-refractivity contribution in [3.63, 3.8) is 0 Å². The highest BCUT2D eigenvalue weighted by Gasteiger charge is 2.35. The highest BCUT2D eigenvalue weighted by atomic mass is 16.5. The highest BCUT2D eigenvalue weighted by molar-refractivity contribution is 5.15. The van der Waals surface area contributed by atoms with E-state index < -0.39 is 0 Å². The van der Waals surface area contributed by atoms with Crippen molar-refractivity contribution < 1.29 is 4.74 Å². The van der Waals surface area contributed by atoms with Crippen molar-refractivity contribution in [3.8, 4) is 0 Å². The van der Waals surface area contributed by atoms with Crippen LogP contribution in [0.4, 0.5) is 0 Å². The third kappa shape index (κ3) is 3.55. The Morgan fingerprint density at radius 2 is 1.88 bits per heavy atom. The first kappa shape index (κ1) is 12.6. The summed E-state index contributed by atoms with van der Waals surface area (Å²) in [5.41, 5.74) is 7.64. The molecule has 2 N–H and O–H groups in total. The molecule has 0 spiro atoms. The van der Waals surface area contributed by atoms with Gasteiger partial charge < -0.3 is 10.5 Å². The summed E-state index contributed by atoms with van der Waals surface area (Å²) in [5.74, 6) is 0. The SMILES string of the molecule is CC1(C)CCC(N)(CCc2ccccc2)CO1. The van der Waals surface area contributed by atoms with E-state index >= 15 is 0 Å². The molecule has 2 heteroatoms. The first-order valence-electron chi connectivity index (χ1n) is 6.46. The van der Waals surface area contributed by atoms with Gasteiger partial charge in [-0.3, -0.25) is 0 Å². The number of hydrogen-bond acceptors (Lipinski definition) is 2. The predicted molar refractivity (Wildman–Crippen MR) is 70.9 cm³/mol. The largest absolute Gasteiger partial charge is 0.374 e. The Hall–Kier alpha value is -0.860. The number of ether oxygens (including phenoxy) is 1. The topological polar surface area (TPSA) is 35.2 Å². The molecule has 1 fully saturated rings. The molecule has 1 aliphatic rings. The molecule has 1 heterocycles. The van der Waals surface area contributed by atoms with Crippen molar-refractivity contribution in [1.29, 1.82) is 0 Å². The van der Waals surface area contributed by atoms with E-state index in [1.807, 2.05) is 6.07 Å². The Morgan fingerprint density at radius 3 is 2.47 bits per heavy atom. The predicted octanol–water partition coefficient (Wildman–Crippen LogP) is 2.91. The van der Waals surface area contributed by atoms with Crippen molar-refractivity contribution in [3.05, 3.63) is 35.9 Å². The fraction of sp³-hybridized carbons (Fsp3) is 0.600. The Morgan fingerprint density at radius 1 is 1.18 bits per heavy atom. The van der Waals surface area contributed by atoms with Crippen LogP contribution in [0.5, 0.6) is 0 Å². The minimum Gasteiger partial charge on any atom is -0.374 e. The molecular weight excluding hydrogens is 210 g/mol. The van der Waals surface area contributed by atoms with Crippen LogP contribution in [-0.4, -0.2) is 17.7 Å². The number of aryl methyl sites for hydroxylation is 1. The van der Waals surface area contributed by atoms with E-state index in [9.17, 15) is 0 Å². The molecule has 0 aliphatic carbocycles. The lowest BCUT2D eigenvalue weighted by molar-refractivity contribution is -0.0867. The third-order valence-corrected chi connectivity index (χ3v) is 3.73. The second-order valence-electron chi connectivity index (χ2n) is 5.90. The molecule has 17 heavy (non-hydrogen) atoms. The molecule has 0 bridgehead atoms. The molecule has 2 rings (SSSR count). The first-order valence-corrected chi connectivity index (χ1v) is 6.46. The van der Waals surface area contributed by atoms with E-state index in [0.29, 0.717) is 6.61 Å². The fourth-order valence-electron chi connectivity index (χ4n) is 2.27. The van der Waals surface area contributed by atoms with Crippen LogP contribution in [-0.2, 0) is 11.2 Å². The lowest BCUT2D eigenvalue weighted by Gasteiger charge is -2.41. The first-order chi connectivity index (χ1) is 7.99. The number of nitrogens with two attached hydrogens (primary N) is 1. The van der Waals surface area contributed by atoms with Crippen LogP contribution in [0.25, 0.3) is 0 Å². The maximum Gasteiger partial charge on any atom is 0.0653 e. The normalized spacial score (nSPS) is 27.9. The molecule has 1 saturated heterocycles. The van der Waals surface area contributed by atoms with E-state index in [0.717, 1.165) is 25.7 Å². The summed E-state index contributed by atoms with van der Waals surface area (Å²) in [5, 5.41) is 0. The zero-order valence-corrected chi connectivity index (χ0v) is 10.9. The molecule has 1 aromatic carbocycles. The lowest BCUT2D eigenvalue weighted by atomic mass is 9.82. The molecule has 0 amide bonds. The summed E-state index contributed by atoms with van der Waals surface area (Å²) in [6.07, 6.45) is 4.17. The Labute approximate surface area is 104 Å². The lowest BCUT2D eigenvalue weighted by Crippen LogP contribution is -2.52. The van der Waals surface area contributed by atoms with Gasteiger partial charge in [0.1, 0.15) is 0 Å². The van der Waals surface area contributed by atoms with Crippen molar-refractivity contribution in [2.75, 3.05) is 6.61 Å². The quantitative estimate of drug-likeness (QED) is 0.871. The zero-order chi connectivity index (χ0) is 12.4. The molecule has 2 nitrogen and oxygen atoms in total. The van der Waals surface area contributed by atoms with Crippen LogP contribution in [0.3, 0.4) is 0 Å². The monoisotopic (exact) mass is 233 g/mol. The van der Waals surface area contributed by atoms with Crippen LogP contribution < -0.4 is 5.73 Å². The van der Waals surface area contributed by atoms with Crippen LogP contribution in [0.15, 0.2) is 30.3 Å². The van der Waals surface area contributed by atoms with E-state index in [1.165, 1.54) is 5.56 Å². The summed E-state index contributed by atoms with van der Waals surface area (Å²) < 4.78 is 5.84. The van der Waals surface area contributed by atoms with Crippen LogP contribution in [0.1, 0.15) is 38.7 Å². The summed E-state index contributed by atoms with van der Waals surface area (Å²) in [7, 11) is 0. The van der Waals surface area contributed by atoms with E-state index in [2.05, 4.69) is 38.1 Å². The van der Waals surface area contributed by atoms with Gasteiger partial charge in [0, 0.05) is 5.54 Å². The zero-order valence-electron chi connectivity index (χ0n) is 10.9. The van der Waals surface area contributed by atoms with Crippen LogP contribution in [0, 0.1) is 0 Å². The van der Waals surface area contributed by atoms with Crippen LogP contribution in [0.2, 0.25) is 0 Å². The van der Waals surface area contributed by atoms with Crippen LogP contribution >= 0.6 is 0 Å². The molecule has 1 aliphatic heterocycles. The van der Waals surface area contributed by atoms with Gasteiger partial charge in [0.25, 0.3) is 0 Å². The number of benzene rings is 1. The highest BCUT2D eigenvalue weighted by Crippen LogP contribution is 2.31. The van der Waals surface area contributed by atoms with Gasteiger partial charge in [0.05, 0.1) is 12.2 Å². The fourth-order valence-corrected chi connectivity index (χ4v) is 2.27. The minimum absolute atomic E-state index is 0.00954. The van der Waals surface area contributed by atoms with E-state index in [-0.39, 0.29) is 11.1 Å². The number of rotatable bonds is 3. The van der Waals surface area contributed by atoms with Gasteiger partial charge in [0.2, 0.25) is 0 Å². The second-order valence-corrected chi connectivity index (χ2v) is 5.90. The summed E-state index contributed by atoms with van der Waals surface area (Å²) >= 11 is 0. The average molecular weight is 233 g/mol. The standard InChI is InChI=1S/C15H23NO/c1-14(2)10-11-15(16,12-17-14)9-8-13-6-4-3-5-7-13/h3-7H,8-12,16H2,1-2H3. The Kier molecular flexibility index (Phi) is 3.55. The number of hydrogen-bond donors (Lipinski definition) is 1. The summed E-state index contributed by atoms with van der Waals surface area (Å²) in [6, 6.07) is 10.5. The van der Waals surface area contributed by atoms with E-state index in [4.69, 9.17) is 10.5 Å². The Balaban J connectivity index is 1.87. The van der Waals surface area contributed by atoms with Gasteiger partial charge in [-0.25, -0.2) is 0 Å². The molecular formula is C15H23NO. The Bertz CT molecular complexity index is 348. The maximum absolute atomic E-state index is 6.40. The second kappa shape index (κ2) is 4.79. The van der Waals surface area contributed by atoms with Crippen molar-refractivity contribution in [2.45, 2.75) is 50.7 Å². The van der Waals surface area contributed by atoms with Crippen molar-refractivity contribution >= 4 is 0 Å². The van der Waals surface area contributed by atoms with Gasteiger partial charge in [-0.2, -0.15) is 0 Å². The summed E-state index contributed by atoms with van der Waals surface area (Å²) in [4.78, 5) is 0. The van der Waals surface area contributed by atoms with E-state index in [1.54, 1.807) is 0 Å². The third-order valence-electron chi connectivity index (χ3n) is 3.73. The molecule has 1 aromatic rings. The van der Waals surface area contributed by atoms with Gasteiger partial charge >= 0.3 is 0 Å². The molecule has 0 saturated carbocycles. The molecule has 1 unspecified atom stereocenters. The van der Waals surface area contributed by atoms with Gasteiger partial charge in [-0.1, -0.05) is 30.3 Å². The van der Waals surface area contributed by atoms with Gasteiger partial charge in [-0.15, -0.1) is 0 Å². The average Bonchev–Trinajstić information content (AvgIpc) is 2.33. The van der Waals surface area contributed by atoms with Gasteiger partial charge in [0.15, 0.2) is 0 Å². The van der Waals surface area contributed by atoms with Gasteiger partial charge in [-0.05, 0) is 45.1 Å².